The van der Waals surface area contributed by atoms with Crippen LogP contribution in [-0.2, 0) is 22.5 Å². The average molecular weight is 376 g/mol. The van der Waals surface area contributed by atoms with Crippen molar-refractivity contribution in [3.63, 3.8) is 0 Å². The van der Waals surface area contributed by atoms with Gasteiger partial charge in [-0.05, 0) is 43.7 Å². The Kier molecular flexibility index (Phi) is 5.63. The highest BCUT2D eigenvalue weighted by atomic mass is 16.5. The molecule has 5 rings (SSSR count). The van der Waals surface area contributed by atoms with Crippen molar-refractivity contribution in [3.05, 3.63) is 83.4 Å². The van der Waals surface area contributed by atoms with E-state index in [2.05, 4.69) is 78.6 Å². The zero-order valence-corrected chi connectivity index (χ0v) is 16.8. The van der Waals surface area contributed by atoms with Crippen LogP contribution >= 0.6 is 0 Å². The molecule has 3 heteroatoms. The Hall–Kier alpha value is -2.39. The Balaban J connectivity index is 1.66. The minimum absolute atomic E-state index is 0.0440. The zero-order chi connectivity index (χ0) is 19.5. The van der Waals surface area contributed by atoms with Crippen molar-refractivity contribution in [1.29, 1.82) is 0 Å². The third kappa shape index (κ3) is 3.77. The smallest absolute Gasteiger partial charge is 0.310 e. The average Bonchev–Trinajstić information content (AvgIpc) is 2.72. The molecule has 4 atom stereocenters. The van der Waals surface area contributed by atoms with Crippen molar-refractivity contribution in [2.75, 3.05) is 6.61 Å². The van der Waals surface area contributed by atoms with Crippen LogP contribution in [0, 0.1) is 11.8 Å². The van der Waals surface area contributed by atoms with Gasteiger partial charge in [-0.15, -0.1) is 0 Å². The van der Waals surface area contributed by atoms with Crippen LogP contribution in [0.15, 0.2) is 72.3 Å². The molecule has 146 valence electrons. The van der Waals surface area contributed by atoms with E-state index >= 15 is 0 Å². The molecule has 0 radical (unpaired) electrons. The van der Waals surface area contributed by atoms with Gasteiger partial charge in [0.05, 0.1) is 12.5 Å². The van der Waals surface area contributed by atoms with Crippen molar-refractivity contribution < 1.29 is 9.53 Å². The molecule has 0 N–H and O–H groups in total. The number of nitrogens with zero attached hydrogens (tertiary/aromatic N) is 1. The second-order valence-electron chi connectivity index (χ2n) is 8.02. The molecule has 2 bridgehead atoms. The first-order valence-corrected chi connectivity index (χ1v) is 10.4. The van der Waals surface area contributed by atoms with Gasteiger partial charge in [0.15, 0.2) is 0 Å². The lowest BCUT2D eigenvalue weighted by Crippen LogP contribution is -2.59. The van der Waals surface area contributed by atoms with E-state index in [0.29, 0.717) is 18.6 Å². The summed E-state index contributed by atoms with van der Waals surface area (Å²) in [6.07, 6.45) is 4.23. The number of rotatable bonds is 6. The van der Waals surface area contributed by atoms with Crippen LogP contribution in [-0.4, -0.2) is 29.6 Å². The molecule has 1 fully saturated rings. The van der Waals surface area contributed by atoms with Gasteiger partial charge in [0.25, 0.3) is 0 Å². The van der Waals surface area contributed by atoms with Crippen molar-refractivity contribution in [2.45, 2.75) is 45.3 Å². The van der Waals surface area contributed by atoms with E-state index in [-0.39, 0.29) is 17.9 Å². The summed E-state index contributed by atoms with van der Waals surface area (Å²) in [5, 5.41) is 0. The highest BCUT2D eigenvalue weighted by Gasteiger charge is 2.49. The normalized spacial score (nSPS) is 26.7. The van der Waals surface area contributed by atoms with Crippen LogP contribution in [0.2, 0.25) is 0 Å². The molecule has 0 saturated carbocycles. The van der Waals surface area contributed by atoms with E-state index in [4.69, 9.17) is 4.74 Å². The lowest BCUT2D eigenvalue weighted by atomic mass is 9.68. The highest BCUT2D eigenvalue weighted by molar-refractivity contribution is 5.74. The van der Waals surface area contributed by atoms with Crippen LogP contribution in [0.25, 0.3) is 0 Å². The Morgan fingerprint density at radius 3 is 2.32 bits per heavy atom. The summed E-state index contributed by atoms with van der Waals surface area (Å²) >= 11 is 0. The predicted molar refractivity (Wildman–Crippen MR) is 112 cm³/mol. The summed E-state index contributed by atoms with van der Waals surface area (Å²) in [5.41, 5.74) is 4.08. The van der Waals surface area contributed by atoms with Crippen LogP contribution in [0.1, 0.15) is 31.4 Å². The highest BCUT2D eigenvalue weighted by Crippen LogP contribution is 2.44. The number of fused-ring (bicyclic) bond motifs is 2. The van der Waals surface area contributed by atoms with Crippen LogP contribution in [0.4, 0.5) is 0 Å². The first-order valence-electron chi connectivity index (χ1n) is 10.4. The lowest BCUT2D eigenvalue weighted by Gasteiger charge is -2.53. The first kappa shape index (κ1) is 18.9. The fraction of sp³-hybridized carbons (Fsp3) is 0.400. The standard InChI is InChI=1S/C25H29NO2/c1-3-28-25(27)22-16-21-18(2)14-23(22)26(17-20-12-8-5-9-13-20)24(21)15-19-10-6-4-7-11-19/h4-14,21-24H,3,15-17H2,1-2H3. The van der Waals surface area contributed by atoms with Crippen LogP contribution in [0.5, 0.6) is 0 Å². The Bertz CT molecular complexity index is 830. The molecule has 4 unspecified atom stereocenters. The summed E-state index contributed by atoms with van der Waals surface area (Å²) < 4.78 is 5.43. The van der Waals surface area contributed by atoms with Gasteiger partial charge in [-0.25, -0.2) is 0 Å². The third-order valence-electron chi connectivity index (χ3n) is 6.30. The van der Waals surface area contributed by atoms with Gasteiger partial charge in [0.2, 0.25) is 0 Å². The van der Waals surface area contributed by atoms with E-state index in [9.17, 15) is 4.79 Å². The van der Waals surface area contributed by atoms with Crippen molar-refractivity contribution in [1.82, 2.24) is 4.90 Å². The lowest BCUT2D eigenvalue weighted by molar-refractivity contribution is -0.154. The summed E-state index contributed by atoms with van der Waals surface area (Å²) in [6, 6.07) is 21.8. The Labute approximate surface area is 168 Å². The molecule has 1 aliphatic carbocycles. The summed E-state index contributed by atoms with van der Waals surface area (Å²) in [7, 11) is 0. The molecule has 1 saturated heterocycles. The van der Waals surface area contributed by atoms with E-state index in [1.807, 2.05) is 6.92 Å². The van der Waals surface area contributed by atoms with Gasteiger partial charge >= 0.3 is 5.97 Å². The number of hydrogen-bond acceptors (Lipinski definition) is 3. The second-order valence-corrected chi connectivity index (χ2v) is 8.02. The molecular formula is C25H29NO2. The number of ether oxygens (including phenoxy) is 1. The molecule has 28 heavy (non-hydrogen) atoms. The SMILES string of the molecule is CCOC(=O)C1CC2C(C)=CC1N(Cc1ccccc1)C2Cc1ccccc1. The van der Waals surface area contributed by atoms with Crippen LogP contribution in [0.3, 0.4) is 0 Å². The van der Waals surface area contributed by atoms with Gasteiger partial charge in [-0.3, -0.25) is 9.69 Å². The van der Waals surface area contributed by atoms with Gasteiger partial charge in [-0.2, -0.15) is 0 Å². The summed E-state index contributed by atoms with van der Waals surface area (Å²) in [4.78, 5) is 15.2. The van der Waals surface area contributed by atoms with Gasteiger partial charge in [0.1, 0.15) is 0 Å². The molecule has 2 aromatic carbocycles. The maximum absolute atomic E-state index is 12.7. The van der Waals surface area contributed by atoms with Gasteiger partial charge in [-0.1, -0.05) is 72.3 Å². The monoisotopic (exact) mass is 375 g/mol. The molecule has 2 aliphatic heterocycles. The maximum Gasteiger partial charge on any atom is 0.310 e. The number of benzene rings is 2. The van der Waals surface area contributed by atoms with E-state index < -0.39 is 0 Å². The fourth-order valence-electron chi connectivity index (χ4n) is 4.96. The van der Waals surface area contributed by atoms with Crippen molar-refractivity contribution in [2.24, 2.45) is 11.8 Å². The van der Waals surface area contributed by atoms with Crippen molar-refractivity contribution >= 4 is 5.97 Å². The molecule has 0 amide bonds. The van der Waals surface area contributed by atoms with Crippen LogP contribution < -0.4 is 0 Å². The number of carbonyl (C=O) groups excluding carboxylic acids is 1. The van der Waals surface area contributed by atoms with E-state index in [1.54, 1.807) is 0 Å². The molecule has 2 aromatic rings. The molecule has 2 heterocycles. The molecule has 3 nitrogen and oxygen atoms in total. The summed E-state index contributed by atoms with van der Waals surface area (Å²) in [5.74, 6) is 0.283. The minimum Gasteiger partial charge on any atom is -0.466 e. The molecule has 0 spiro atoms. The minimum atomic E-state index is -0.0654. The molecular weight excluding hydrogens is 346 g/mol. The molecule has 0 aromatic heterocycles. The molecule has 3 aliphatic rings. The second kappa shape index (κ2) is 8.32. The number of carbonyl (C=O) groups is 1. The largest absolute Gasteiger partial charge is 0.466 e. The predicted octanol–water partition coefficient (Wildman–Crippen LogP) is 4.63. The number of hydrogen-bond donors (Lipinski definition) is 0. The number of esters is 1. The Morgan fingerprint density at radius 2 is 1.68 bits per heavy atom. The van der Waals surface area contributed by atoms with Gasteiger partial charge < -0.3 is 4.74 Å². The third-order valence-corrected chi connectivity index (χ3v) is 6.30. The number of piperidine rings is 1. The van der Waals surface area contributed by atoms with Crippen molar-refractivity contribution in [3.8, 4) is 0 Å². The van der Waals surface area contributed by atoms with E-state index in [1.165, 1.54) is 16.7 Å². The van der Waals surface area contributed by atoms with Gasteiger partial charge in [0, 0.05) is 18.6 Å². The summed E-state index contributed by atoms with van der Waals surface area (Å²) in [6.45, 7) is 5.43. The quantitative estimate of drug-likeness (QED) is 0.545. The first-order chi connectivity index (χ1) is 13.7. The maximum atomic E-state index is 12.7. The Morgan fingerprint density at radius 1 is 1.04 bits per heavy atom. The zero-order valence-electron chi connectivity index (χ0n) is 16.8. The fourth-order valence-corrected chi connectivity index (χ4v) is 4.96. The topological polar surface area (TPSA) is 29.5 Å². The van der Waals surface area contributed by atoms with E-state index in [0.717, 1.165) is 19.4 Å².